The molecule has 0 bridgehead atoms. The van der Waals surface area contributed by atoms with Crippen LogP contribution < -0.4 is 14.9 Å². The van der Waals surface area contributed by atoms with Crippen molar-refractivity contribution in [1.82, 2.24) is 0 Å². The summed E-state index contributed by atoms with van der Waals surface area (Å²) in [6.07, 6.45) is -5.00. The van der Waals surface area contributed by atoms with Crippen LogP contribution in [-0.2, 0) is 12.8 Å². The van der Waals surface area contributed by atoms with E-state index in [-0.39, 0.29) is 34.1 Å². The van der Waals surface area contributed by atoms with Crippen molar-refractivity contribution in [2.45, 2.75) is 12.8 Å². The summed E-state index contributed by atoms with van der Waals surface area (Å²) in [5.74, 6) is -2.52. The summed E-state index contributed by atoms with van der Waals surface area (Å²) in [5.41, 5.74) is -0.629. The molecule has 4 rings (SSSR count). The van der Waals surface area contributed by atoms with E-state index in [4.69, 9.17) is 48.7 Å². The van der Waals surface area contributed by atoms with Crippen LogP contribution in [0.1, 0.15) is 11.3 Å². The zero-order valence-electron chi connectivity index (χ0n) is 16.4. The van der Waals surface area contributed by atoms with Crippen molar-refractivity contribution >= 4 is 45.8 Å². The maximum atomic E-state index is 13.7. The van der Waals surface area contributed by atoms with Crippen molar-refractivity contribution < 1.29 is 27.1 Å². The lowest BCUT2D eigenvalue weighted by molar-refractivity contribution is -0.154. The van der Waals surface area contributed by atoms with E-state index >= 15 is 0 Å². The number of para-hydroxylation sites is 1. The van der Waals surface area contributed by atoms with Gasteiger partial charge in [0.05, 0.1) is 20.5 Å². The fraction of sp³-hybridized carbons (Fsp3) is 0.0870. The molecular weight excluding hydrogens is 504 g/mol. The summed E-state index contributed by atoms with van der Waals surface area (Å²) in [5, 5.41) is 0.633. The van der Waals surface area contributed by atoms with Gasteiger partial charge in [0.2, 0.25) is 11.2 Å². The summed E-state index contributed by atoms with van der Waals surface area (Å²) in [4.78, 5) is 12.9. The van der Waals surface area contributed by atoms with Gasteiger partial charge in [0, 0.05) is 6.07 Å². The van der Waals surface area contributed by atoms with E-state index in [0.717, 1.165) is 0 Å². The Labute approximate surface area is 200 Å². The number of alkyl halides is 3. The van der Waals surface area contributed by atoms with Crippen LogP contribution in [0.25, 0.3) is 11.0 Å². The van der Waals surface area contributed by atoms with Crippen LogP contribution >= 0.6 is 34.8 Å². The standard InChI is InChI=1S/C23H12Cl3F3O4/c24-15-8-5-12(9-17(15)26)11-31-13-6-7-14-19(10-13)33-22(23(27,28)29)21(20(14)30)32-18-4-2-1-3-16(18)25/h1-10H,11H2. The quantitative estimate of drug-likeness (QED) is 0.269. The van der Waals surface area contributed by atoms with Gasteiger partial charge in [-0.15, -0.1) is 0 Å². The second-order valence-electron chi connectivity index (χ2n) is 6.81. The molecule has 0 aliphatic rings. The lowest BCUT2D eigenvalue weighted by Crippen LogP contribution is -2.15. The Morgan fingerprint density at radius 3 is 2.33 bits per heavy atom. The minimum atomic E-state index is -5.00. The molecule has 0 saturated carbocycles. The molecule has 0 amide bonds. The molecule has 33 heavy (non-hydrogen) atoms. The number of rotatable bonds is 5. The Bertz CT molecular complexity index is 1400. The molecule has 170 valence electrons. The number of benzene rings is 3. The van der Waals surface area contributed by atoms with Crippen molar-refractivity contribution in [3.05, 3.63) is 97.3 Å². The van der Waals surface area contributed by atoms with E-state index in [1.165, 1.54) is 36.4 Å². The summed E-state index contributed by atoms with van der Waals surface area (Å²) < 4.78 is 57.0. The van der Waals surface area contributed by atoms with Crippen molar-refractivity contribution in [2.75, 3.05) is 0 Å². The molecule has 3 aromatic carbocycles. The molecule has 0 saturated heterocycles. The maximum absolute atomic E-state index is 13.7. The lowest BCUT2D eigenvalue weighted by atomic mass is 10.2. The summed E-state index contributed by atoms with van der Waals surface area (Å²) >= 11 is 17.8. The Morgan fingerprint density at radius 2 is 1.64 bits per heavy atom. The van der Waals surface area contributed by atoms with Crippen LogP contribution in [0.2, 0.25) is 15.1 Å². The molecule has 1 aromatic heterocycles. The molecular formula is C23H12Cl3F3O4. The highest BCUT2D eigenvalue weighted by molar-refractivity contribution is 6.42. The molecule has 4 nitrogen and oxygen atoms in total. The van der Waals surface area contributed by atoms with E-state index < -0.39 is 23.1 Å². The Balaban J connectivity index is 1.72. The van der Waals surface area contributed by atoms with E-state index in [2.05, 4.69) is 0 Å². The molecule has 0 N–H and O–H groups in total. The minimum Gasteiger partial charge on any atom is -0.489 e. The summed E-state index contributed by atoms with van der Waals surface area (Å²) in [7, 11) is 0. The average molecular weight is 516 g/mol. The first-order valence-corrected chi connectivity index (χ1v) is 10.4. The number of fused-ring (bicyclic) bond motifs is 1. The Morgan fingerprint density at radius 1 is 0.879 bits per heavy atom. The predicted molar refractivity (Wildman–Crippen MR) is 120 cm³/mol. The molecule has 0 unspecified atom stereocenters. The number of hydrogen-bond donors (Lipinski definition) is 0. The van der Waals surface area contributed by atoms with Gasteiger partial charge < -0.3 is 13.9 Å². The van der Waals surface area contributed by atoms with Gasteiger partial charge in [-0.05, 0) is 42.0 Å². The summed E-state index contributed by atoms with van der Waals surface area (Å²) in [6, 6.07) is 14.7. The highest BCUT2D eigenvalue weighted by atomic mass is 35.5. The van der Waals surface area contributed by atoms with E-state index in [1.807, 2.05) is 0 Å². The van der Waals surface area contributed by atoms with Crippen molar-refractivity contribution in [1.29, 1.82) is 0 Å². The molecule has 0 radical (unpaired) electrons. The van der Waals surface area contributed by atoms with Gasteiger partial charge in [-0.1, -0.05) is 53.0 Å². The second-order valence-corrected chi connectivity index (χ2v) is 8.04. The number of ether oxygens (including phenoxy) is 2. The fourth-order valence-corrected chi connectivity index (χ4v) is 3.45. The molecule has 0 spiro atoms. The number of halogens is 6. The topological polar surface area (TPSA) is 48.7 Å². The average Bonchev–Trinajstić information content (AvgIpc) is 2.77. The number of hydrogen-bond acceptors (Lipinski definition) is 4. The van der Waals surface area contributed by atoms with E-state index in [1.54, 1.807) is 24.3 Å². The molecule has 0 aliphatic carbocycles. The first kappa shape index (κ1) is 23.3. The van der Waals surface area contributed by atoms with E-state index in [0.29, 0.717) is 15.6 Å². The van der Waals surface area contributed by atoms with Crippen LogP contribution in [-0.4, -0.2) is 0 Å². The molecule has 0 fully saturated rings. The van der Waals surface area contributed by atoms with Crippen LogP contribution in [0.15, 0.2) is 69.9 Å². The normalized spacial score (nSPS) is 11.6. The van der Waals surface area contributed by atoms with Crippen LogP contribution in [0.3, 0.4) is 0 Å². The molecule has 4 aromatic rings. The van der Waals surface area contributed by atoms with E-state index in [9.17, 15) is 18.0 Å². The van der Waals surface area contributed by atoms with Gasteiger partial charge in [0.15, 0.2) is 0 Å². The summed E-state index contributed by atoms with van der Waals surface area (Å²) in [6.45, 7) is 0.0620. The fourth-order valence-electron chi connectivity index (χ4n) is 2.96. The first-order chi connectivity index (χ1) is 15.6. The van der Waals surface area contributed by atoms with Crippen molar-refractivity contribution in [3.8, 4) is 17.2 Å². The minimum absolute atomic E-state index is 0.0381. The maximum Gasteiger partial charge on any atom is 0.453 e. The largest absolute Gasteiger partial charge is 0.489 e. The molecule has 10 heteroatoms. The third kappa shape index (κ3) is 5.05. The van der Waals surface area contributed by atoms with Gasteiger partial charge in [0.1, 0.15) is 23.7 Å². The van der Waals surface area contributed by atoms with Crippen molar-refractivity contribution in [2.24, 2.45) is 0 Å². The van der Waals surface area contributed by atoms with Crippen molar-refractivity contribution in [3.63, 3.8) is 0 Å². The highest BCUT2D eigenvalue weighted by Crippen LogP contribution is 2.40. The Hall–Kier alpha value is -2.87. The molecule has 0 aliphatic heterocycles. The zero-order chi connectivity index (χ0) is 23.8. The predicted octanol–water partition coefficient (Wildman–Crippen LogP) is 8.14. The monoisotopic (exact) mass is 514 g/mol. The Kier molecular flexibility index (Phi) is 6.47. The smallest absolute Gasteiger partial charge is 0.453 e. The first-order valence-electron chi connectivity index (χ1n) is 9.30. The van der Waals surface area contributed by atoms with Gasteiger partial charge in [0.25, 0.3) is 5.76 Å². The second kappa shape index (κ2) is 9.17. The molecule has 0 atom stereocenters. The zero-order valence-corrected chi connectivity index (χ0v) is 18.6. The van der Waals surface area contributed by atoms with Gasteiger partial charge in [-0.25, -0.2) is 0 Å². The van der Waals surface area contributed by atoms with Crippen LogP contribution in [0, 0.1) is 0 Å². The highest BCUT2D eigenvalue weighted by Gasteiger charge is 2.40. The third-order valence-electron chi connectivity index (χ3n) is 4.52. The van der Waals surface area contributed by atoms with Gasteiger partial charge >= 0.3 is 6.18 Å². The van der Waals surface area contributed by atoms with Crippen LogP contribution in [0.4, 0.5) is 13.2 Å². The van der Waals surface area contributed by atoms with Crippen LogP contribution in [0.5, 0.6) is 17.2 Å². The molecule has 1 heterocycles. The van der Waals surface area contributed by atoms with Gasteiger partial charge in [-0.3, -0.25) is 4.79 Å². The van der Waals surface area contributed by atoms with Gasteiger partial charge in [-0.2, -0.15) is 13.2 Å². The third-order valence-corrected chi connectivity index (χ3v) is 5.57. The SMILES string of the molecule is O=c1c(Oc2ccccc2Cl)c(C(F)(F)F)oc2cc(OCc3ccc(Cl)c(Cl)c3)ccc12. The lowest BCUT2D eigenvalue weighted by Gasteiger charge is -2.14.